The molecule has 4 heterocycles. The highest BCUT2D eigenvalue weighted by molar-refractivity contribution is 7.19. The van der Waals surface area contributed by atoms with E-state index >= 15 is 0 Å². The van der Waals surface area contributed by atoms with E-state index in [1.54, 1.807) is 40.8 Å². The lowest BCUT2D eigenvalue weighted by Crippen LogP contribution is -2.08. The van der Waals surface area contributed by atoms with Gasteiger partial charge in [0.25, 0.3) is 0 Å². The topological polar surface area (TPSA) is 68.9 Å². The molecule has 0 amide bonds. The van der Waals surface area contributed by atoms with Gasteiger partial charge in [0.15, 0.2) is 5.65 Å². The van der Waals surface area contributed by atoms with Crippen LogP contribution in [0.3, 0.4) is 0 Å². The molecule has 114 valence electrons. The molecule has 7 heteroatoms. The number of thiophene rings is 1. The van der Waals surface area contributed by atoms with Crippen molar-refractivity contribution in [3.63, 3.8) is 0 Å². The molecular weight excluding hydrogens is 308 g/mol. The van der Waals surface area contributed by atoms with Gasteiger partial charge < -0.3 is 0 Å². The second-order valence-corrected chi connectivity index (χ2v) is 7.15. The molecule has 4 aromatic rings. The largest absolute Gasteiger partial charge is 0.261 e. The zero-order chi connectivity index (χ0) is 15.4. The smallest absolute Gasteiger partial charge is 0.202 e. The Bertz CT molecular complexity index is 1020. The molecule has 5 rings (SSSR count). The minimum absolute atomic E-state index is 0.594. The quantitative estimate of drug-likeness (QED) is 0.539. The zero-order valence-corrected chi connectivity index (χ0v) is 13.4. The van der Waals surface area contributed by atoms with Crippen molar-refractivity contribution in [2.75, 3.05) is 0 Å². The molecule has 0 aliphatic heterocycles. The van der Waals surface area contributed by atoms with E-state index in [2.05, 4.69) is 27.0 Å². The molecular formula is C16H14N6S. The Morgan fingerprint density at radius 2 is 2.22 bits per heavy atom. The number of rotatable bonds is 1. The third-order valence-electron chi connectivity index (χ3n) is 4.42. The van der Waals surface area contributed by atoms with Crippen molar-refractivity contribution in [2.45, 2.75) is 26.2 Å². The third-order valence-corrected chi connectivity index (χ3v) is 5.59. The molecule has 0 radical (unpaired) electrons. The Morgan fingerprint density at radius 3 is 3.09 bits per heavy atom. The fourth-order valence-electron chi connectivity index (χ4n) is 3.26. The van der Waals surface area contributed by atoms with Crippen LogP contribution in [0.5, 0.6) is 0 Å². The second kappa shape index (κ2) is 4.79. The highest BCUT2D eigenvalue weighted by atomic mass is 32.1. The van der Waals surface area contributed by atoms with E-state index in [0.717, 1.165) is 29.2 Å². The number of hydrogen-bond acceptors (Lipinski definition) is 6. The Hall–Kier alpha value is -2.41. The molecule has 0 fully saturated rings. The highest BCUT2D eigenvalue weighted by Crippen LogP contribution is 2.38. The standard InChI is InChI=1S/C16H14N6S/c1-9-2-3-10-12(6-9)23-16-13(10)15-20-14(21-22(15)8-19-16)11-7-17-4-5-18-11/h4-5,7-9H,2-3,6H2,1H3/t9-/m1/s1. The van der Waals surface area contributed by atoms with Gasteiger partial charge >= 0.3 is 0 Å². The Kier molecular flexibility index (Phi) is 2.72. The minimum atomic E-state index is 0.594. The summed E-state index contributed by atoms with van der Waals surface area (Å²) < 4.78 is 1.76. The summed E-state index contributed by atoms with van der Waals surface area (Å²) in [7, 11) is 0. The summed E-state index contributed by atoms with van der Waals surface area (Å²) >= 11 is 1.80. The first kappa shape index (κ1) is 13.1. The average Bonchev–Trinajstić information content (AvgIpc) is 3.15. The lowest BCUT2D eigenvalue weighted by Gasteiger charge is -2.17. The summed E-state index contributed by atoms with van der Waals surface area (Å²) in [5.41, 5.74) is 2.98. The summed E-state index contributed by atoms with van der Waals surface area (Å²) in [5.74, 6) is 1.34. The minimum Gasteiger partial charge on any atom is -0.261 e. The molecule has 0 bridgehead atoms. The Balaban J connectivity index is 1.78. The van der Waals surface area contributed by atoms with Gasteiger partial charge in [-0.2, -0.15) is 0 Å². The van der Waals surface area contributed by atoms with Crippen LogP contribution in [0.25, 0.3) is 27.4 Å². The molecule has 0 spiro atoms. The third kappa shape index (κ3) is 1.96. The second-order valence-electron chi connectivity index (χ2n) is 6.07. The van der Waals surface area contributed by atoms with Crippen molar-refractivity contribution in [1.82, 2.24) is 29.5 Å². The van der Waals surface area contributed by atoms with Crippen molar-refractivity contribution in [3.8, 4) is 11.5 Å². The van der Waals surface area contributed by atoms with Gasteiger partial charge in [0.1, 0.15) is 16.9 Å². The summed E-state index contributed by atoms with van der Waals surface area (Å²) in [6.45, 7) is 2.32. The van der Waals surface area contributed by atoms with Crippen LogP contribution in [0.15, 0.2) is 24.9 Å². The normalized spacial score (nSPS) is 17.7. The van der Waals surface area contributed by atoms with E-state index in [1.807, 2.05) is 0 Å². The first-order valence-electron chi connectivity index (χ1n) is 7.71. The van der Waals surface area contributed by atoms with Crippen LogP contribution < -0.4 is 0 Å². The van der Waals surface area contributed by atoms with Crippen molar-refractivity contribution in [3.05, 3.63) is 35.4 Å². The summed E-state index contributed by atoms with van der Waals surface area (Å²) in [6.07, 6.45) is 10.2. The van der Waals surface area contributed by atoms with Gasteiger partial charge in [-0.05, 0) is 30.7 Å². The lowest BCUT2D eigenvalue weighted by atomic mass is 9.89. The summed E-state index contributed by atoms with van der Waals surface area (Å²) in [4.78, 5) is 20.2. The fraction of sp³-hybridized carbons (Fsp3) is 0.312. The number of fused-ring (bicyclic) bond motifs is 5. The van der Waals surface area contributed by atoms with E-state index in [-0.39, 0.29) is 0 Å². The predicted molar refractivity (Wildman–Crippen MR) is 88.4 cm³/mol. The number of aromatic nitrogens is 6. The van der Waals surface area contributed by atoms with Gasteiger partial charge in [-0.15, -0.1) is 16.4 Å². The molecule has 0 unspecified atom stereocenters. The van der Waals surface area contributed by atoms with Crippen LogP contribution in [0.4, 0.5) is 0 Å². The van der Waals surface area contributed by atoms with Crippen LogP contribution in [0.1, 0.15) is 23.8 Å². The number of hydrogen-bond donors (Lipinski definition) is 0. The highest BCUT2D eigenvalue weighted by Gasteiger charge is 2.23. The molecule has 6 nitrogen and oxygen atoms in total. The van der Waals surface area contributed by atoms with Gasteiger partial charge in [-0.25, -0.2) is 19.5 Å². The van der Waals surface area contributed by atoms with Crippen LogP contribution >= 0.6 is 11.3 Å². The van der Waals surface area contributed by atoms with E-state index < -0.39 is 0 Å². The van der Waals surface area contributed by atoms with Gasteiger partial charge in [-0.1, -0.05) is 6.92 Å². The van der Waals surface area contributed by atoms with Crippen LogP contribution in [-0.2, 0) is 12.8 Å². The van der Waals surface area contributed by atoms with Gasteiger partial charge in [0, 0.05) is 17.3 Å². The maximum atomic E-state index is 4.73. The van der Waals surface area contributed by atoms with E-state index in [9.17, 15) is 0 Å². The fourth-order valence-corrected chi connectivity index (χ4v) is 4.61. The molecule has 1 atom stereocenters. The van der Waals surface area contributed by atoms with Crippen molar-refractivity contribution in [1.29, 1.82) is 0 Å². The molecule has 0 aromatic carbocycles. The van der Waals surface area contributed by atoms with Crippen molar-refractivity contribution in [2.24, 2.45) is 5.92 Å². The van der Waals surface area contributed by atoms with Gasteiger partial charge in [0.2, 0.25) is 5.82 Å². The molecule has 0 saturated heterocycles. The predicted octanol–water partition coefficient (Wildman–Crippen LogP) is 2.92. The maximum Gasteiger partial charge on any atom is 0.202 e. The Labute approximate surface area is 136 Å². The van der Waals surface area contributed by atoms with Crippen LogP contribution in [0, 0.1) is 5.92 Å². The lowest BCUT2D eigenvalue weighted by molar-refractivity contribution is 0.509. The van der Waals surface area contributed by atoms with Crippen LogP contribution in [0.2, 0.25) is 0 Å². The van der Waals surface area contributed by atoms with E-state index in [4.69, 9.17) is 4.98 Å². The number of nitrogens with zero attached hydrogens (tertiary/aromatic N) is 6. The average molecular weight is 322 g/mol. The Morgan fingerprint density at radius 1 is 1.26 bits per heavy atom. The van der Waals surface area contributed by atoms with Gasteiger partial charge in [0.05, 0.1) is 11.6 Å². The molecule has 4 aromatic heterocycles. The van der Waals surface area contributed by atoms with Crippen molar-refractivity contribution >= 4 is 27.2 Å². The SMILES string of the molecule is C[C@@H]1CCc2c(sc3ncn4nc(-c5cnccn5)nc4c23)C1. The van der Waals surface area contributed by atoms with Crippen LogP contribution in [-0.4, -0.2) is 29.5 Å². The first-order chi connectivity index (χ1) is 11.3. The maximum absolute atomic E-state index is 4.73. The van der Waals surface area contributed by atoms with Crippen molar-refractivity contribution < 1.29 is 0 Å². The van der Waals surface area contributed by atoms with Gasteiger partial charge in [-0.3, -0.25) is 4.98 Å². The van der Waals surface area contributed by atoms with E-state index in [1.165, 1.54) is 22.2 Å². The first-order valence-corrected chi connectivity index (χ1v) is 8.53. The monoisotopic (exact) mass is 322 g/mol. The van der Waals surface area contributed by atoms with E-state index in [0.29, 0.717) is 11.5 Å². The molecule has 0 N–H and O–H groups in total. The molecule has 0 saturated carbocycles. The summed E-state index contributed by atoms with van der Waals surface area (Å²) in [5, 5.41) is 5.69. The number of aryl methyl sites for hydroxylation is 1. The molecule has 1 aliphatic rings. The molecule has 23 heavy (non-hydrogen) atoms. The zero-order valence-electron chi connectivity index (χ0n) is 12.6. The molecule has 1 aliphatic carbocycles. The summed E-state index contributed by atoms with van der Waals surface area (Å²) in [6, 6.07) is 0.